The van der Waals surface area contributed by atoms with E-state index in [1.807, 2.05) is 12.5 Å². The van der Waals surface area contributed by atoms with Crippen molar-refractivity contribution in [3.8, 4) is 0 Å². The van der Waals surface area contributed by atoms with Gasteiger partial charge in [-0.2, -0.15) is 0 Å². The zero-order valence-corrected chi connectivity index (χ0v) is 9.27. The van der Waals surface area contributed by atoms with E-state index in [1.54, 1.807) is 0 Å². The molecule has 1 aromatic rings. The number of nitrogens with zero attached hydrogens (tertiary/aromatic N) is 3. The van der Waals surface area contributed by atoms with Crippen LogP contribution in [-0.4, -0.2) is 26.5 Å². The lowest BCUT2D eigenvalue weighted by atomic mass is 10.1. The highest BCUT2D eigenvalue weighted by atomic mass is 15.3. The Morgan fingerprint density at radius 2 is 2.43 bits per heavy atom. The fraction of sp³-hybridized carbons (Fsp3) is 0.727. The summed E-state index contributed by atoms with van der Waals surface area (Å²) < 4.78 is 2.27. The lowest BCUT2D eigenvalue weighted by molar-refractivity contribution is 0.103. The van der Waals surface area contributed by atoms with E-state index in [0.29, 0.717) is 12.1 Å². The Bertz CT molecular complexity index is 305. The van der Waals surface area contributed by atoms with Crippen molar-refractivity contribution in [2.45, 2.75) is 52.4 Å². The van der Waals surface area contributed by atoms with E-state index in [0.717, 1.165) is 13.1 Å². The van der Waals surface area contributed by atoms with Crippen molar-refractivity contribution in [3.05, 3.63) is 18.2 Å². The molecule has 1 aromatic heterocycles. The maximum Gasteiger partial charge on any atom is 0.0949 e. The van der Waals surface area contributed by atoms with E-state index >= 15 is 0 Å². The molecule has 0 fully saturated rings. The molecular weight excluding hydrogens is 174 g/mol. The minimum atomic E-state index is 0.631. The summed E-state index contributed by atoms with van der Waals surface area (Å²) in [5.41, 5.74) is 1.35. The van der Waals surface area contributed by atoms with Crippen LogP contribution >= 0.6 is 0 Å². The molecule has 0 bridgehead atoms. The molecule has 1 aliphatic heterocycles. The molecule has 3 nitrogen and oxygen atoms in total. The van der Waals surface area contributed by atoms with Crippen LogP contribution in [0.15, 0.2) is 12.5 Å². The molecule has 0 aromatic carbocycles. The van der Waals surface area contributed by atoms with Crippen molar-refractivity contribution in [1.82, 2.24) is 14.5 Å². The van der Waals surface area contributed by atoms with Crippen molar-refractivity contribution in [2.24, 2.45) is 0 Å². The van der Waals surface area contributed by atoms with Gasteiger partial charge in [0.1, 0.15) is 0 Å². The third kappa shape index (κ3) is 1.57. The molecule has 2 unspecified atom stereocenters. The maximum absolute atomic E-state index is 4.19. The van der Waals surface area contributed by atoms with Crippen molar-refractivity contribution < 1.29 is 0 Å². The third-order valence-electron chi connectivity index (χ3n) is 3.33. The summed E-state index contributed by atoms with van der Waals surface area (Å²) >= 11 is 0. The molecule has 14 heavy (non-hydrogen) atoms. The van der Waals surface area contributed by atoms with E-state index in [1.165, 1.54) is 12.1 Å². The predicted octanol–water partition coefficient (Wildman–Crippen LogP) is 1.89. The molecule has 0 amide bonds. The standard InChI is InChI=1S/C11H19N3/c1-4-9(2)14-7-11-5-12-8-13(11)6-10(14)3/h5,8-10H,4,6-7H2,1-3H3. The minimum absolute atomic E-state index is 0.631. The summed E-state index contributed by atoms with van der Waals surface area (Å²) in [6, 6.07) is 1.31. The average Bonchev–Trinajstić information content (AvgIpc) is 2.62. The first-order valence-electron chi connectivity index (χ1n) is 5.47. The minimum Gasteiger partial charge on any atom is -0.332 e. The van der Waals surface area contributed by atoms with Gasteiger partial charge in [0.25, 0.3) is 0 Å². The number of fused-ring (bicyclic) bond motifs is 1. The number of rotatable bonds is 2. The smallest absolute Gasteiger partial charge is 0.0949 e. The quantitative estimate of drug-likeness (QED) is 0.715. The van der Waals surface area contributed by atoms with Gasteiger partial charge < -0.3 is 4.57 Å². The van der Waals surface area contributed by atoms with Crippen LogP contribution in [0.4, 0.5) is 0 Å². The SMILES string of the molecule is CCC(C)N1Cc2cncn2CC1C. The fourth-order valence-electron chi connectivity index (χ4n) is 2.20. The Morgan fingerprint density at radius 3 is 3.14 bits per heavy atom. The predicted molar refractivity (Wildman–Crippen MR) is 57.0 cm³/mol. The van der Waals surface area contributed by atoms with Crippen molar-refractivity contribution in [3.63, 3.8) is 0 Å². The van der Waals surface area contributed by atoms with E-state index in [9.17, 15) is 0 Å². The van der Waals surface area contributed by atoms with Crippen molar-refractivity contribution >= 4 is 0 Å². The Balaban J connectivity index is 2.17. The highest BCUT2D eigenvalue weighted by Gasteiger charge is 2.25. The molecule has 2 heterocycles. The van der Waals surface area contributed by atoms with Gasteiger partial charge in [-0.1, -0.05) is 6.92 Å². The first kappa shape index (κ1) is 9.71. The van der Waals surface area contributed by atoms with Crippen LogP contribution in [-0.2, 0) is 13.1 Å². The van der Waals surface area contributed by atoms with Crippen molar-refractivity contribution in [1.29, 1.82) is 0 Å². The lowest BCUT2D eigenvalue weighted by Gasteiger charge is -2.38. The van der Waals surface area contributed by atoms with Gasteiger partial charge in [-0.05, 0) is 20.3 Å². The first-order chi connectivity index (χ1) is 6.72. The molecule has 0 spiro atoms. The molecule has 0 saturated carbocycles. The highest BCUT2D eigenvalue weighted by molar-refractivity contribution is 5.03. The lowest BCUT2D eigenvalue weighted by Crippen LogP contribution is -2.45. The molecule has 78 valence electrons. The molecule has 0 aliphatic carbocycles. The van der Waals surface area contributed by atoms with Crippen LogP contribution in [0, 0.1) is 0 Å². The van der Waals surface area contributed by atoms with Crippen LogP contribution in [0.5, 0.6) is 0 Å². The summed E-state index contributed by atoms with van der Waals surface area (Å²) in [6.45, 7) is 9.00. The Hall–Kier alpha value is -0.830. The Labute approximate surface area is 85.7 Å². The maximum atomic E-state index is 4.19. The highest BCUT2D eigenvalue weighted by Crippen LogP contribution is 2.20. The molecular formula is C11H19N3. The second-order valence-corrected chi connectivity index (χ2v) is 4.32. The Kier molecular flexibility index (Phi) is 2.59. The van der Waals surface area contributed by atoms with Crippen LogP contribution in [0.2, 0.25) is 0 Å². The fourth-order valence-corrected chi connectivity index (χ4v) is 2.20. The van der Waals surface area contributed by atoms with Gasteiger partial charge >= 0.3 is 0 Å². The second-order valence-electron chi connectivity index (χ2n) is 4.32. The summed E-state index contributed by atoms with van der Waals surface area (Å²) in [5.74, 6) is 0. The zero-order chi connectivity index (χ0) is 10.1. The number of aromatic nitrogens is 2. The van der Waals surface area contributed by atoms with E-state index in [4.69, 9.17) is 0 Å². The van der Waals surface area contributed by atoms with Gasteiger partial charge in [0.2, 0.25) is 0 Å². The monoisotopic (exact) mass is 193 g/mol. The van der Waals surface area contributed by atoms with Gasteiger partial charge in [0.05, 0.1) is 12.0 Å². The summed E-state index contributed by atoms with van der Waals surface area (Å²) in [5, 5.41) is 0. The largest absolute Gasteiger partial charge is 0.332 e. The van der Waals surface area contributed by atoms with Gasteiger partial charge in [-0.15, -0.1) is 0 Å². The second kappa shape index (κ2) is 3.73. The van der Waals surface area contributed by atoms with Gasteiger partial charge in [0, 0.05) is 31.4 Å². The number of imidazole rings is 1. The van der Waals surface area contributed by atoms with E-state index in [-0.39, 0.29) is 0 Å². The van der Waals surface area contributed by atoms with E-state index < -0.39 is 0 Å². The van der Waals surface area contributed by atoms with Crippen LogP contribution in [0.3, 0.4) is 0 Å². The van der Waals surface area contributed by atoms with Crippen molar-refractivity contribution in [2.75, 3.05) is 0 Å². The molecule has 3 heteroatoms. The van der Waals surface area contributed by atoms with E-state index in [2.05, 4.69) is 35.2 Å². The number of hydrogen-bond acceptors (Lipinski definition) is 2. The number of hydrogen-bond donors (Lipinski definition) is 0. The molecule has 2 atom stereocenters. The molecule has 0 N–H and O–H groups in total. The van der Waals surface area contributed by atoms with Gasteiger partial charge in [-0.3, -0.25) is 4.90 Å². The van der Waals surface area contributed by atoms with Crippen LogP contribution in [0.1, 0.15) is 32.9 Å². The van der Waals surface area contributed by atoms with Crippen LogP contribution < -0.4 is 0 Å². The first-order valence-corrected chi connectivity index (χ1v) is 5.47. The average molecular weight is 193 g/mol. The van der Waals surface area contributed by atoms with Gasteiger partial charge in [-0.25, -0.2) is 4.98 Å². The molecule has 1 aliphatic rings. The molecule has 0 radical (unpaired) electrons. The zero-order valence-electron chi connectivity index (χ0n) is 9.27. The summed E-state index contributed by atoms with van der Waals surface area (Å²) in [4.78, 5) is 6.76. The van der Waals surface area contributed by atoms with Crippen LogP contribution in [0.25, 0.3) is 0 Å². The molecule has 2 rings (SSSR count). The summed E-state index contributed by atoms with van der Waals surface area (Å²) in [6.07, 6.45) is 5.15. The normalized spacial score (nSPS) is 24.6. The molecule has 0 saturated heterocycles. The Morgan fingerprint density at radius 1 is 1.64 bits per heavy atom. The van der Waals surface area contributed by atoms with Gasteiger partial charge in [0.15, 0.2) is 0 Å². The third-order valence-corrected chi connectivity index (χ3v) is 3.33. The summed E-state index contributed by atoms with van der Waals surface area (Å²) in [7, 11) is 0. The topological polar surface area (TPSA) is 21.1 Å².